The quantitative estimate of drug-likeness (QED) is 0.705. The van der Waals surface area contributed by atoms with Crippen LogP contribution in [-0.2, 0) is 6.42 Å². The smallest absolute Gasteiger partial charge is 0.0674 e. The van der Waals surface area contributed by atoms with Crippen LogP contribution in [0.5, 0.6) is 0 Å². The summed E-state index contributed by atoms with van der Waals surface area (Å²) < 4.78 is 0. The minimum Gasteiger partial charge on any atom is -0.397 e. The number of aryl methyl sites for hydroxylation is 2. The van der Waals surface area contributed by atoms with Crippen molar-refractivity contribution in [1.82, 2.24) is 4.90 Å². The minimum atomic E-state index is 0.635. The SMILES string of the molecule is C=C(CN1CCC(c2ccc(Cl)cc2)CC1)N1CCCc2cc(C)cc(N)c21. The van der Waals surface area contributed by atoms with Crippen molar-refractivity contribution in [2.75, 3.05) is 36.8 Å². The predicted molar refractivity (Wildman–Crippen MR) is 120 cm³/mol. The van der Waals surface area contributed by atoms with Crippen LogP contribution in [-0.4, -0.2) is 31.1 Å². The minimum absolute atomic E-state index is 0.635. The van der Waals surface area contributed by atoms with E-state index in [1.165, 1.54) is 40.9 Å². The molecule has 0 aliphatic carbocycles. The summed E-state index contributed by atoms with van der Waals surface area (Å²) in [7, 11) is 0. The third kappa shape index (κ3) is 4.06. The molecule has 0 spiro atoms. The normalized spacial score (nSPS) is 18.1. The van der Waals surface area contributed by atoms with Gasteiger partial charge in [0, 0.05) is 23.8 Å². The molecule has 4 rings (SSSR count). The van der Waals surface area contributed by atoms with Crippen molar-refractivity contribution < 1.29 is 0 Å². The summed E-state index contributed by atoms with van der Waals surface area (Å²) in [5, 5.41) is 0.814. The average Bonchev–Trinajstić information content (AvgIpc) is 2.68. The summed E-state index contributed by atoms with van der Waals surface area (Å²) in [6.45, 7) is 10.7. The third-order valence-electron chi connectivity index (χ3n) is 6.18. The largest absolute Gasteiger partial charge is 0.397 e. The first-order chi connectivity index (χ1) is 13.5. The van der Waals surface area contributed by atoms with E-state index in [4.69, 9.17) is 17.3 Å². The van der Waals surface area contributed by atoms with Gasteiger partial charge in [-0.3, -0.25) is 4.90 Å². The maximum Gasteiger partial charge on any atom is 0.0674 e. The topological polar surface area (TPSA) is 32.5 Å². The van der Waals surface area contributed by atoms with Crippen molar-refractivity contribution in [2.24, 2.45) is 0 Å². The van der Waals surface area contributed by atoms with E-state index in [1.807, 2.05) is 12.1 Å². The highest BCUT2D eigenvalue weighted by molar-refractivity contribution is 6.30. The van der Waals surface area contributed by atoms with Gasteiger partial charge in [-0.15, -0.1) is 0 Å². The lowest BCUT2D eigenvalue weighted by Crippen LogP contribution is -2.39. The third-order valence-corrected chi connectivity index (χ3v) is 6.43. The van der Waals surface area contributed by atoms with Crippen LogP contribution in [0.25, 0.3) is 0 Å². The number of rotatable bonds is 4. The Balaban J connectivity index is 1.39. The summed E-state index contributed by atoms with van der Waals surface area (Å²) in [5.41, 5.74) is 13.7. The summed E-state index contributed by atoms with van der Waals surface area (Å²) in [4.78, 5) is 4.90. The Bertz CT molecular complexity index is 851. The zero-order valence-corrected chi connectivity index (χ0v) is 17.5. The molecular formula is C24H30ClN3. The lowest BCUT2D eigenvalue weighted by atomic mass is 9.89. The molecule has 0 aromatic heterocycles. The molecule has 2 aliphatic rings. The monoisotopic (exact) mass is 395 g/mol. The van der Waals surface area contributed by atoms with Crippen molar-refractivity contribution in [2.45, 2.75) is 38.5 Å². The van der Waals surface area contributed by atoms with Gasteiger partial charge < -0.3 is 10.6 Å². The van der Waals surface area contributed by atoms with Gasteiger partial charge in [0.2, 0.25) is 0 Å². The van der Waals surface area contributed by atoms with Crippen LogP contribution in [0.2, 0.25) is 5.02 Å². The van der Waals surface area contributed by atoms with E-state index in [0.717, 1.165) is 49.7 Å². The zero-order chi connectivity index (χ0) is 19.7. The van der Waals surface area contributed by atoms with Crippen LogP contribution in [0.3, 0.4) is 0 Å². The van der Waals surface area contributed by atoms with Crippen molar-refractivity contribution >= 4 is 23.0 Å². The highest BCUT2D eigenvalue weighted by atomic mass is 35.5. The van der Waals surface area contributed by atoms with Crippen molar-refractivity contribution in [1.29, 1.82) is 0 Å². The van der Waals surface area contributed by atoms with E-state index in [2.05, 4.69) is 47.6 Å². The first kappa shape index (κ1) is 19.4. The molecule has 0 bridgehead atoms. The van der Waals surface area contributed by atoms with Gasteiger partial charge in [0.15, 0.2) is 0 Å². The number of halogens is 1. The fraction of sp³-hybridized carbons (Fsp3) is 0.417. The molecule has 3 nitrogen and oxygen atoms in total. The maximum atomic E-state index is 6.39. The Morgan fingerprint density at radius 1 is 1.14 bits per heavy atom. The standard InChI is InChI=1S/C24H30ClN3/c1-17-14-21-4-3-11-28(24(21)23(26)15-17)18(2)16-27-12-9-20(10-13-27)19-5-7-22(25)8-6-19/h5-8,14-15,20H,2-4,9-13,16,26H2,1H3. The molecule has 2 N–H and O–H groups in total. The lowest BCUT2D eigenvalue weighted by Gasteiger charge is -2.38. The molecule has 0 radical (unpaired) electrons. The summed E-state index contributed by atoms with van der Waals surface area (Å²) in [5.74, 6) is 0.635. The number of nitrogen functional groups attached to an aromatic ring is 1. The number of hydrogen-bond acceptors (Lipinski definition) is 3. The second-order valence-corrected chi connectivity index (χ2v) is 8.72. The fourth-order valence-electron chi connectivity index (χ4n) is 4.76. The van der Waals surface area contributed by atoms with Gasteiger partial charge >= 0.3 is 0 Å². The van der Waals surface area contributed by atoms with E-state index in [0.29, 0.717) is 5.92 Å². The molecule has 1 fully saturated rings. The zero-order valence-electron chi connectivity index (χ0n) is 16.8. The molecule has 2 aromatic carbocycles. The van der Waals surface area contributed by atoms with E-state index >= 15 is 0 Å². The Morgan fingerprint density at radius 2 is 1.86 bits per heavy atom. The molecule has 4 heteroatoms. The number of piperidine rings is 1. The van der Waals surface area contributed by atoms with E-state index in [-0.39, 0.29) is 0 Å². The highest BCUT2D eigenvalue weighted by Gasteiger charge is 2.25. The van der Waals surface area contributed by atoms with E-state index < -0.39 is 0 Å². The molecule has 0 amide bonds. The number of likely N-dealkylation sites (tertiary alicyclic amines) is 1. The van der Waals surface area contributed by atoms with E-state index in [9.17, 15) is 0 Å². The molecular weight excluding hydrogens is 366 g/mol. The van der Waals surface area contributed by atoms with Crippen molar-refractivity contribution in [3.63, 3.8) is 0 Å². The maximum absolute atomic E-state index is 6.39. The number of hydrogen-bond donors (Lipinski definition) is 1. The summed E-state index contributed by atoms with van der Waals surface area (Å²) in [6, 6.07) is 12.7. The Labute approximate surface area is 173 Å². The van der Waals surface area contributed by atoms with Gasteiger partial charge in [0.25, 0.3) is 0 Å². The highest BCUT2D eigenvalue weighted by Crippen LogP contribution is 2.36. The first-order valence-electron chi connectivity index (χ1n) is 10.3. The molecule has 2 aliphatic heterocycles. The fourth-order valence-corrected chi connectivity index (χ4v) is 4.89. The molecule has 0 unspecified atom stereocenters. The molecule has 0 atom stereocenters. The average molecular weight is 396 g/mol. The van der Waals surface area contributed by atoms with Gasteiger partial charge in [-0.1, -0.05) is 36.4 Å². The number of nitrogens with two attached hydrogens (primary N) is 1. The Morgan fingerprint density at radius 3 is 2.57 bits per heavy atom. The van der Waals surface area contributed by atoms with Crippen molar-refractivity contribution in [3.8, 4) is 0 Å². The first-order valence-corrected chi connectivity index (χ1v) is 10.7. The van der Waals surface area contributed by atoms with Gasteiger partial charge in [0.1, 0.15) is 0 Å². The molecule has 2 heterocycles. The number of anilines is 2. The second-order valence-electron chi connectivity index (χ2n) is 8.29. The van der Waals surface area contributed by atoms with Crippen LogP contribution >= 0.6 is 11.6 Å². The second kappa shape index (κ2) is 8.18. The molecule has 2 aromatic rings. The van der Waals surface area contributed by atoms with Crippen LogP contribution in [0.4, 0.5) is 11.4 Å². The van der Waals surface area contributed by atoms with Crippen LogP contribution in [0, 0.1) is 6.92 Å². The number of nitrogens with zero attached hydrogens (tertiary/aromatic N) is 2. The van der Waals surface area contributed by atoms with Crippen LogP contribution in [0.15, 0.2) is 48.7 Å². The van der Waals surface area contributed by atoms with Gasteiger partial charge in [-0.2, -0.15) is 0 Å². The Kier molecular flexibility index (Phi) is 5.65. The molecule has 0 saturated carbocycles. The Hall–Kier alpha value is -1.97. The summed E-state index contributed by atoms with van der Waals surface area (Å²) >= 11 is 6.03. The summed E-state index contributed by atoms with van der Waals surface area (Å²) in [6.07, 6.45) is 4.64. The van der Waals surface area contributed by atoms with Gasteiger partial charge in [-0.05, 0) is 86.5 Å². The lowest BCUT2D eigenvalue weighted by molar-refractivity contribution is 0.227. The number of benzene rings is 2. The van der Waals surface area contributed by atoms with Gasteiger partial charge in [0.05, 0.1) is 11.4 Å². The van der Waals surface area contributed by atoms with Crippen LogP contribution < -0.4 is 10.6 Å². The predicted octanol–water partition coefficient (Wildman–Crippen LogP) is 5.38. The van der Waals surface area contributed by atoms with E-state index in [1.54, 1.807) is 0 Å². The molecule has 28 heavy (non-hydrogen) atoms. The van der Waals surface area contributed by atoms with Gasteiger partial charge in [-0.25, -0.2) is 0 Å². The molecule has 148 valence electrons. The molecule has 1 saturated heterocycles. The number of fused-ring (bicyclic) bond motifs is 1. The van der Waals surface area contributed by atoms with Crippen LogP contribution in [0.1, 0.15) is 41.9 Å². The van der Waals surface area contributed by atoms with Crippen molar-refractivity contribution in [3.05, 3.63) is 70.4 Å².